The lowest BCUT2D eigenvalue weighted by molar-refractivity contribution is -0.137. The van der Waals surface area contributed by atoms with Crippen molar-refractivity contribution in [3.8, 4) is 0 Å². The normalized spacial score (nSPS) is 16.5. The molecule has 220 valence electrons. The first-order valence-electron chi connectivity index (χ1n) is 12.1. The minimum Gasteiger partial charge on any atom is -0.350 e. The maximum Gasteiger partial charge on any atom is 0.416 e. The molecule has 2 amide bonds. The van der Waals surface area contributed by atoms with E-state index >= 15 is 0 Å². The Morgan fingerprint density at radius 2 is 1.86 bits per heavy atom. The van der Waals surface area contributed by atoms with Crippen LogP contribution >= 0.6 is 11.6 Å². The van der Waals surface area contributed by atoms with Crippen molar-refractivity contribution in [2.45, 2.75) is 18.4 Å². The van der Waals surface area contributed by atoms with Gasteiger partial charge in [0.1, 0.15) is 18.3 Å². The molecule has 1 atom stereocenters. The summed E-state index contributed by atoms with van der Waals surface area (Å²) < 4.78 is 90.3. The number of benzene rings is 3. The summed E-state index contributed by atoms with van der Waals surface area (Å²) in [5.74, 6) is -4.08. The minimum atomic E-state index is -4.96. The van der Waals surface area contributed by atoms with E-state index in [1.165, 1.54) is 35.4 Å². The molecule has 1 unspecified atom stereocenters. The number of rotatable bonds is 6. The number of methoxy groups -OCH3 is 1. The van der Waals surface area contributed by atoms with Gasteiger partial charge >= 0.3 is 6.18 Å². The number of ether oxygens (including phenoxy) is 1. The number of hydrogen-bond donors (Lipinski definition) is 3. The fraction of sp³-hybridized carbons (Fsp3) is 0.222. The van der Waals surface area contributed by atoms with Crippen molar-refractivity contribution in [2.75, 3.05) is 19.1 Å². The first kappa shape index (κ1) is 29.2. The molecular weight excluding hydrogens is 592 g/mol. The van der Waals surface area contributed by atoms with Gasteiger partial charge in [-0.05, 0) is 42.5 Å². The van der Waals surface area contributed by atoms with E-state index in [1.807, 2.05) is 0 Å². The number of imidazole rings is 1. The molecule has 0 fully saturated rings. The third-order valence-corrected chi connectivity index (χ3v) is 7.34. The third kappa shape index (κ3) is 4.50. The average Bonchev–Trinajstić information content (AvgIpc) is 3.36. The summed E-state index contributed by atoms with van der Waals surface area (Å²) in [5, 5.41) is 13.4. The van der Waals surface area contributed by atoms with Gasteiger partial charge in [-0.2, -0.15) is 13.2 Å². The molecular formula is C27H20ClF6N5O3. The quantitative estimate of drug-likeness (QED) is 0.261. The largest absolute Gasteiger partial charge is 0.416 e. The first-order valence-corrected chi connectivity index (χ1v) is 12.5. The first-order chi connectivity index (χ1) is 19.7. The van der Waals surface area contributed by atoms with E-state index in [0.717, 1.165) is 12.1 Å². The Kier molecular flexibility index (Phi) is 7.10. The van der Waals surface area contributed by atoms with Gasteiger partial charge in [0.2, 0.25) is 5.62 Å². The summed E-state index contributed by atoms with van der Waals surface area (Å²) in [5.41, 5.74) is -4.75. The highest BCUT2D eigenvalue weighted by atomic mass is 35.5. The molecule has 4 aromatic rings. The van der Waals surface area contributed by atoms with Crippen molar-refractivity contribution in [1.29, 1.82) is 5.41 Å². The summed E-state index contributed by atoms with van der Waals surface area (Å²) in [7, 11) is 2.61. The third-order valence-electron chi connectivity index (χ3n) is 7.01. The van der Waals surface area contributed by atoms with Crippen LogP contribution in [0.4, 0.5) is 32.0 Å². The Hall–Kier alpha value is -4.30. The number of carbonyl (C=O) groups is 2. The van der Waals surface area contributed by atoms with E-state index in [-0.39, 0.29) is 56.7 Å². The zero-order valence-corrected chi connectivity index (χ0v) is 22.5. The zero-order valence-electron chi connectivity index (χ0n) is 21.7. The standard InChI is InChI=1S/C27H20ClF6N5O3/c1-38-22-19(39(6-5-29)25(38)35)11-18(36-23(40)12-7-13(27(32,33)34)9-15(31)8-12)21-20(22)24(41)37-26(21,42-2)16-10-14(30)3-4-17(16)28/h3-4,7-11,35H,5-6H2,1-2H3,(H,36,40)(H,37,41). The van der Waals surface area contributed by atoms with Crippen LogP contribution < -0.4 is 16.3 Å². The van der Waals surface area contributed by atoms with Gasteiger partial charge in [-0.3, -0.25) is 15.0 Å². The van der Waals surface area contributed by atoms with E-state index in [2.05, 4.69) is 10.6 Å². The van der Waals surface area contributed by atoms with Crippen molar-refractivity contribution >= 4 is 40.1 Å². The number of aromatic nitrogens is 2. The molecule has 0 saturated heterocycles. The lowest BCUT2D eigenvalue weighted by Gasteiger charge is -2.31. The molecule has 0 spiro atoms. The van der Waals surface area contributed by atoms with Gasteiger partial charge < -0.3 is 24.5 Å². The second-order valence-electron chi connectivity index (χ2n) is 9.41. The van der Waals surface area contributed by atoms with Gasteiger partial charge in [-0.15, -0.1) is 0 Å². The van der Waals surface area contributed by atoms with Gasteiger partial charge in [-0.25, -0.2) is 13.2 Å². The monoisotopic (exact) mass is 611 g/mol. The minimum absolute atomic E-state index is 0.0516. The second kappa shape index (κ2) is 10.2. The van der Waals surface area contributed by atoms with Crippen LogP contribution in [-0.2, 0) is 30.2 Å². The van der Waals surface area contributed by atoms with Crippen LogP contribution in [0, 0.1) is 17.0 Å². The number of nitrogens with one attached hydrogen (secondary N) is 3. The number of amides is 2. The molecule has 0 aliphatic carbocycles. The van der Waals surface area contributed by atoms with Crippen LogP contribution in [0.25, 0.3) is 11.0 Å². The summed E-state index contributed by atoms with van der Waals surface area (Å²) in [6.45, 7) is -1.21. The van der Waals surface area contributed by atoms with Crippen LogP contribution in [0.3, 0.4) is 0 Å². The van der Waals surface area contributed by atoms with Crippen molar-refractivity contribution in [1.82, 2.24) is 14.5 Å². The Labute approximate surface area is 238 Å². The predicted octanol–water partition coefficient (Wildman–Crippen LogP) is 5.22. The molecule has 0 bridgehead atoms. The Morgan fingerprint density at radius 3 is 2.50 bits per heavy atom. The molecule has 3 aromatic carbocycles. The SMILES string of the molecule is COC1(c2cc(F)ccc2Cl)NC(=O)c2c1c(NC(=O)c1cc(F)cc(C(F)(F)F)c1)cc1c2n(C)c(=N)n1CCF. The summed E-state index contributed by atoms with van der Waals surface area (Å²) in [6.07, 6.45) is -4.96. The Morgan fingerprint density at radius 1 is 1.14 bits per heavy atom. The topological polar surface area (TPSA) is 101 Å². The van der Waals surface area contributed by atoms with E-state index in [4.69, 9.17) is 21.7 Å². The maximum atomic E-state index is 14.5. The van der Waals surface area contributed by atoms with E-state index in [1.54, 1.807) is 0 Å². The smallest absolute Gasteiger partial charge is 0.350 e. The molecule has 1 aromatic heterocycles. The van der Waals surface area contributed by atoms with Crippen molar-refractivity contribution in [3.05, 3.63) is 92.6 Å². The lowest BCUT2D eigenvalue weighted by atomic mass is 9.91. The molecule has 1 aliphatic rings. The maximum absolute atomic E-state index is 14.5. The number of aryl methyl sites for hydroxylation is 2. The Balaban J connectivity index is 1.83. The second-order valence-corrected chi connectivity index (χ2v) is 9.82. The van der Waals surface area contributed by atoms with Crippen molar-refractivity contribution in [3.63, 3.8) is 0 Å². The van der Waals surface area contributed by atoms with Crippen LogP contribution in [0.1, 0.15) is 37.4 Å². The van der Waals surface area contributed by atoms with Gasteiger partial charge in [-0.1, -0.05) is 11.6 Å². The molecule has 15 heteroatoms. The average molecular weight is 612 g/mol. The summed E-state index contributed by atoms with van der Waals surface area (Å²) in [4.78, 5) is 26.9. The van der Waals surface area contributed by atoms with E-state index in [0.29, 0.717) is 12.1 Å². The molecule has 5 rings (SSSR count). The fourth-order valence-corrected chi connectivity index (χ4v) is 5.45. The van der Waals surface area contributed by atoms with Gasteiger partial charge in [0.05, 0.1) is 34.4 Å². The molecule has 2 heterocycles. The van der Waals surface area contributed by atoms with Gasteiger partial charge in [0.15, 0.2) is 5.72 Å². The van der Waals surface area contributed by atoms with E-state index < -0.39 is 53.2 Å². The van der Waals surface area contributed by atoms with Crippen molar-refractivity contribution < 1.29 is 40.7 Å². The van der Waals surface area contributed by atoms with Gasteiger partial charge in [0, 0.05) is 35.9 Å². The fourth-order valence-electron chi connectivity index (χ4n) is 5.20. The highest BCUT2D eigenvalue weighted by molar-refractivity contribution is 6.31. The molecule has 1 aliphatic heterocycles. The van der Waals surface area contributed by atoms with Crippen molar-refractivity contribution in [2.24, 2.45) is 7.05 Å². The highest BCUT2D eigenvalue weighted by Crippen LogP contribution is 2.47. The Bertz CT molecular complexity index is 1850. The van der Waals surface area contributed by atoms with E-state index in [9.17, 15) is 35.9 Å². The highest BCUT2D eigenvalue weighted by Gasteiger charge is 2.50. The lowest BCUT2D eigenvalue weighted by Crippen LogP contribution is -2.43. The molecule has 42 heavy (non-hydrogen) atoms. The predicted molar refractivity (Wildman–Crippen MR) is 139 cm³/mol. The number of hydrogen-bond acceptors (Lipinski definition) is 4. The number of nitrogens with zero attached hydrogens (tertiary/aromatic N) is 2. The zero-order chi connectivity index (χ0) is 30.7. The molecule has 0 saturated carbocycles. The summed E-state index contributed by atoms with van der Waals surface area (Å²) in [6, 6.07) is 5.79. The molecule has 8 nitrogen and oxygen atoms in total. The van der Waals surface area contributed by atoms with Crippen LogP contribution in [0.15, 0.2) is 42.5 Å². The van der Waals surface area contributed by atoms with Crippen LogP contribution in [0.2, 0.25) is 5.02 Å². The summed E-state index contributed by atoms with van der Waals surface area (Å²) >= 11 is 6.40. The molecule has 0 radical (unpaired) electrons. The number of fused-ring (bicyclic) bond motifs is 3. The van der Waals surface area contributed by atoms with Crippen LogP contribution in [0.5, 0.6) is 0 Å². The number of halogens is 7. The van der Waals surface area contributed by atoms with Gasteiger partial charge in [0.25, 0.3) is 11.8 Å². The number of carbonyl (C=O) groups excluding carboxylic acids is 2. The van der Waals surface area contributed by atoms with Crippen LogP contribution in [-0.4, -0.2) is 34.7 Å². The number of alkyl halides is 4. The number of anilines is 1. The molecule has 3 N–H and O–H groups in total.